The first-order chi connectivity index (χ1) is 9.47. The van der Waals surface area contributed by atoms with E-state index in [9.17, 15) is 9.59 Å². The summed E-state index contributed by atoms with van der Waals surface area (Å²) >= 11 is 1.86. The van der Waals surface area contributed by atoms with Crippen molar-refractivity contribution in [2.45, 2.75) is 52.0 Å². The minimum atomic E-state index is -0.781. The van der Waals surface area contributed by atoms with Crippen LogP contribution in [0.5, 0.6) is 0 Å². The molecule has 1 rings (SSSR count). The van der Waals surface area contributed by atoms with Crippen LogP contribution in [0.3, 0.4) is 0 Å². The van der Waals surface area contributed by atoms with Gasteiger partial charge in [-0.05, 0) is 43.1 Å². The lowest BCUT2D eigenvalue weighted by atomic mass is 9.66. The number of urea groups is 1. The number of thioether (sulfide) groups is 1. The molecule has 0 heterocycles. The Kier molecular flexibility index (Phi) is 7.19. The van der Waals surface area contributed by atoms with Crippen LogP contribution in [0.25, 0.3) is 0 Å². The van der Waals surface area contributed by atoms with Crippen LogP contribution >= 0.6 is 11.8 Å². The molecule has 1 aliphatic rings. The molecule has 2 amide bonds. The van der Waals surface area contributed by atoms with Crippen LogP contribution in [0.4, 0.5) is 4.79 Å². The van der Waals surface area contributed by atoms with Crippen molar-refractivity contribution in [1.82, 2.24) is 10.6 Å². The Labute approximate surface area is 125 Å². The second kappa shape index (κ2) is 8.39. The number of carboxylic acid groups (broad SMARTS) is 1. The summed E-state index contributed by atoms with van der Waals surface area (Å²) in [6.45, 7) is 4.57. The fourth-order valence-electron chi connectivity index (χ4n) is 2.43. The first-order valence-corrected chi connectivity index (χ1v) is 8.47. The molecule has 5 nitrogen and oxygen atoms in total. The number of carbonyl (C=O) groups is 2. The number of amides is 2. The van der Waals surface area contributed by atoms with Gasteiger partial charge in [0.1, 0.15) is 0 Å². The van der Waals surface area contributed by atoms with Crippen molar-refractivity contribution in [3.8, 4) is 0 Å². The van der Waals surface area contributed by atoms with Crippen molar-refractivity contribution < 1.29 is 14.7 Å². The molecule has 6 heteroatoms. The van der Waals surface area contributed by atoms with Crippen molar-refractivity contribution in [3.63, 3.8) is 0 Å². The first-order valence-electron chi connectivity index (χ1n) is 7.31. The summed E-state index contributed by atoms with van der Waals surface area (Å²) in [6.07, 6.45) is 3.94. The predicted molar refractivity (Wildman–Crippen MR) is 82.1 cm³/mol. The van der Waals surface area contributed by atoms with Crippen LogP contribution in [-0.4, -0.2) is 41.2 Å². The van der Waals surface area contributed by atoms with Gasteiger partial charge in [0.25, 0.3) is 0 Å². The zero-order valence-electron chi connectivity index (χ0n) is 12.4. The second-order valence-electron chi connectivity index (χ2n) is 5.64. The van der Waals surface area contributed by atoms with Crippen LogP contribution in [0.2, 0.25) is 0 Å². The number of rotatable bonds is 9. The molecular formula is C14H26N2O3S. The number of hydrogen-bond donors (Lipinski definition) is 3. The summed E-state index contributed by atoms with van der Waals surface area (Å²) < 4.78 is 0. The number of carboxylic acids is 1. The Morgan fingerprint density at radius 2 is 2.10 bits per heavy atom. The Bertz CT molecular complexity index is 332. The summed E-state index contributed by atoms with van der Waals surface area (Å²) in [5.41, 5.74) is -0.218. The minimum Gasteiger partial charge on any atom is -0.481 e. The third-order valence-corrected chi connectivity index (χ3v) is 4.77. The van der Waals surface area contributed by atoms with E-state index in [-0.39, 0.29) is 23.9 Å². The Morgan fingerprint density at radius 1 is 1.40 bits per heavy atom. The van der Waals surface area contributed by atoms with Gasteiger partial charge in [0.2, 0.25) is 0 Å². The lowest BCUT2D eigenvalue weighted by Crippen LogP contribution is -2.48. The van der Waals surface area contributed by atoms with Gasteiger partial charge >= 0.3 is 12.0 Å². The molecule has 0 aromatic carbocycles. The van der Waals surface area contributed by atoms with Gasteiger partial charge < -0.3 is 15.7 Å². The summed E-state index contributed by atoms with van der Waals surface area (Å²) in [6, 6.07) is -0.0403. The van der Waals surface area contributed by atoms with E-state index >= 15 is 0 Å². The van der Waals surface area contributed by atoms with Gasteiger partial charge in [0, 0.05) is 12.6 Å². The minimum absolute atomic E-state index is 0.144. The lowest BCUT2D eigenvalue weighted by Gasteiger charge is -2.40. The average molecular weight is 302 g/mol. The molecule has 0 aromatic rings. The maximum absolute atomic E-state index is 11.8. The number of hydrogen-bond acceptors (Lipinski definition) is 3. The quantitative estimate of drug-likeness (QED) is 0.572. The molecule has 0 aliphatic heterocycles. The maximum atomic E-state index is 11.8. The normalized spacial score (nSPS) is 17.9. The standard InChI is InChI=1S/C14H26N2O3S/c1-3-20-8-5-11(2)16-13(19)15-10-14(6-4-7-14)9-12(17)18/h11H,3-10H2,1-2H3,(H,17,18)(H2,15,16,19). The fourth-order valence-corrected chi connectivity index (χ4v) is 3.24. The van der Waals surface area contributed by atoms with E-state index in [4.69, 9.17) is 5.11 Å². The molecule has 20 heavy (non-hydrogen) atoms. The van der Waals surface area contributed by atoms with Crippen LogP contribution in [0.1, 0.15) is 46.0 Å². The van der Waals surface area contributed by atoms with Gasteiger partial charge in [0.05, 0.1) is 6.42 Å². The Hall–Kier alpha value is -0.910. The highest BCUT2D eigenvalue weighted by atomic mass is 32.2. The van der Waals surface area contributed by atoms with E-state index in [2.05, 4.69) is 17.6 Å². The molecule has 0 spiro atoms. The van der Waals surface area contributed by atoms with Crippen LogP contribution < -0.4 is 10.6 Å². The summed E-state index contributed by atoms with van der Waals surface area (Å²) in [4.78, 5) is 22.6. The van der Waals surface area contributed by atoms with Gasteiger partial charge in [-0.25, -0.2) is 4.79 Å². The molecule has 1 atom stereocenters. The number of carbonyl (C=O) groups excluding carboxylic acids is 1. The van der Waals surface area contributed by atoms with Crippen LogP contribution in [-0.2, 0) is 4.79 Å². The highest BCUT2D eigenvalue weighted by Gasteiger charge is 2.39. The fraction of sp³-hybridized carbons (Fsp3) is 0.857. The monoisotopic (exact) mass is 302 g/mol. The molecular weight excluding hydrogens is 276 g/mol. The third kappa shape index (κ3) is 6.03. The zero-order chi connectivity index (χ0) is 15.0. The molecule has 3 N–H and O–H groups in total. The SMILES string of the molecule is CCSCCC(C)NC(=O)NCC1(CC(=O)O)CCC1. The van der Waals surface area contributed by atoms with Gasteiger partial charge in [-0.2, -0.15) is 11.8 Å². The van der Waals surface area contributed by atoms with E-state index in [1.165, 1.54) is 0 Å². The van der Waals surface area contributed by atoms with Gasteiger partial charge in [-0.15, -0.1) is 0 Å². The summed E-state index contributed by atoms with van der Waals surface area (Å²) in [5.74, 6) is 1.36. The van der Waals surface area contributed by atoms with Crippen molar-refractivity contribution in [3.05, 3.63) is 0 Å². The summed E-state index contributed by atoms with van der Waals surface area (Å²) in [7, 11) is 0. The maximum Gasteiger partial charge on any atom is 0.315 e. The van der Waals surface area contributed by atoms with Crippen molar-refractivity contribution in [2.75, 3.05) is 18.1 Å². The molecule has 116 valence electrons. The smallest absolute Gasteiger partial charge is 0.315 e. The largest absolute Gasteiger partial charge is 0.481 e. The van der Waals surface area contributed by atoms with Crippen molar-refractivity contribution in [1.29, 1.82) is 0 Å². The van der Waals surface area contributed by atoms with Crippen molar-refractivity contribution in [2.24, 2.45) is 5.41 Å². The second-order valence-corrected chi connectivity index (χ2v) is 7.03. The van der Waals surface area contributed by atoms with Gasteiger partial charge in [-0.1, -0.05) is 13.3 Å². The van der Waals surface area contributed by atoms with E-state index in [0.29, 0.717) is 6.54 Å². The predicted octanol–water partition coefficient (Wildman–Crippen LogP) is 2.46. The van der Waals surface area contributed by atoms with E-state index in [1.54, 1.807) is 0 Å². The molecule has 0 saturated heterocycles. The van der Waals surface area contributed by atoms with Crippen LogP contribution in [0.15, 0.2) is 0 Å². The average Bonchev–Trinajstić information content (AvgIpc) is 2.32. The molecule has 1 aliphatic carbocycles. The molecule has 0 radical (unpaired) electrons. The Morgan fingerprint density at radius 3 is 2.60 bits per heavy atom. The van der Waals surface area contributed by atoms with Crippen molar-refractivity contribution >= 4 is 23.8 Å². The number of aliphatic carboxylic acids is 1. The van der Waals surface area contributed by atoms with Crippen LogP contribution in [0, 0.1) is 5.41 Å². The topological polar surface area (TPSA) is 78.4 Å². The highest BCUT2D eigenvalue weighted by molar-refractivity contribution is 7.99. The van der Waals surface area contributed by atoms with Gasteiger partial charge in [0.15, 0.2) is 0 Å². The van der Waals surface area contributed by atoms with E-state index in [1.807, 2.05) is 18.7 Å². The Balaban J connectivity index is 2.23. The molecule has 1 unspecified atom stereocenters. The molecule has 0 aromatic heterocycles. The van der Waals surface area contributed by atoms with Gasteiger partial charge in [-0.3, -0.25) is 4.79 Å². The third-order valence-electron chi connectivity index (χ3n) is 3.84. The molecule has 1 saturated carbocycles. The zero-order valence-corrected chi connectivity index (χ0v) is 13.2. The first kappa shape index (κ1) is 17.1. The molecule has 0 bridgehead atoms. The lowest BCUT2D eigenvalue weighted by molar-refractivity contribution is -0.141. The summed E-state index contributed by atoms with van der Waals surface area (Å²) in [5, 5.41) is 14.6. The molecule has 1 fully saturated rings. The van der Waals surface area contributed by atoms with E-state index < -0.39 is 5.97 Å². The van der Waals surface area contributed by atoms with E-state index in [0.717, 1.165) is 37.2 Å². The highest BCUT2D eigenvalue weighted by Crippen LogP contribution is 2.43. The number of nitrogens with one attached hydrogen (secondary N) is 2.